The lowest BCUT2D eigenvalue weighted by molar-refractivity contribution is 0.302. The van der Waals surface area contributed by atoms with Crippen molar-refractivity contribution in [3.05, 3.63) is 62.5 Å². The summed E-state index contributed by atoms with van der Waals surface area (Å²) in [6.07, 6.45) is 0.818. The van der Waals surface area contributed by atoms with Gasteiger partial charge in [0, 0.05) is 17.5 Å². The fourth-order valence-electron chi connectivity index (χ4n) is 2.54. The smallest absolute Gasteiger partial charge is 0.368 e. The number of tetrazole rings is 1. The highest BCUT2D eigenvalue weighted by molar-refractivity contribution is 9.10. The molecule has 1 aromatic heterocycles. The molecule has 0 radical (unpaired) electrons. The molecule has 2 aromatic carbocycles. The average Bonchev–Trinajstić information content (AvgIpc) is 2.93. The molecule has 0 spiro atoms. The molecule has 0 aliphatic carbocycles. The van der Waals surface area contributed by atoms with Gasteiger partial charge in [0.1, 0.15) is 12.4 Å². The Balaban J connectivity index is 1.99. The Bertz CT molecular complexity index is 968. The van der Waals surface area contributed by atoms with Crippen LogP contribution in [0.5, 0.6) is 5.75 Å². The van der Waals surface area contributed by atoms with Crippen molar-refractivity contribution in [3.63, 3.8) is 0 Å². The maximum absolute atomic E-state index is 12.2. The maximum Gasteiger partial charge on any atom is 0.368 e. The summed E-state index contributed by atoms with van der Waals surface area (Å²) in [4.78, 5) is 13.1. The Morgan fingerprint density at radius 1 is 1.24 bits per heavy atom. The van der Waals surface area contributed by atoms with E-state index in [1.165, 1.54) is 9.36 Å². The Labute approximate surface area is 158 Å². The van der Waals surface area contributed by atoms with Crippen LogP contribution in [0.3, 0.4) is 0 Å². The van der Waals surface area contributed by atoms with Crippen molar-refractivity contribution in [1.82, 2.24) is 19.8 Å². The molecule has 0 aliphatic rings. The summed E-state index contributed by atoms with van der Waals surface area (Å²) in [7, 11) is 1.57. The summed E-state index contributed by atoms with van der Waals surface area (Å²) in [6, 6.07) is 11.4. The highest BCUT2D eigenvalue weighted by Gasteiger charge is 2.15. The van der Waals surface area contributed by atoms with Gasteiger partial charge in [0.05, 0.1) is 10.2 Å². The van der Waals surface area contributed by atoms with Crippen LogP contribution >= 0.6 is 28.6 Å². The molecule has 0 amide bonds. The maximum atomic E-state index is 12.2. The SMILES string of the molecule is CCc1cccc(-n2nnn(C)c2=O)c1COc1ccc(S)cc1Br. The van der Waals surface area contributed by atoms with Crippen molar-refractivity contribution < 1.29 is 4.74 Å². The number of hydrogen-bond donors (Lipinski definition) is 1. The lowest BCUT2D eigenvalue weighted by Gasteiger charge is -2.15. The predicted octanol–water partition coefficient (Wildman–Crippen LogP) is 3.16. The summed E-state index contributed by atoms with van der Waals surface area (Å²) in [5, 5.41) is 7.74. The molecule has 0 atom stereocenters. The molecule has 1 heterocycles. The first-order valence-corrected chi connectivity index (χ1v) is 8.96. The monoisotopic (exact) mass is 420 g/mol. The van der Waals surface area contributed by atoms with Gasteiger partial charge < -0.3 is 4.74 Å². The molecular formula is C17H17BrN4O2S. The van der Waals surface area contributed by atoms with Crippen molar-refractivity contribution in [2.75, 3.05) is 0 Å². The second-order valence-electron chi connectivity index (χ2n) is 5.47. The molecule has 3 rings (SSSR count). The van der Waals surface area contributed by atoms with E-state index in [0.29, 0.717) is 18.0 Å². The number of nitrogens with zero attached hydrogens (tertiary/aromatic N) is 4. The van der Waals surface area contributed by atoms with Crippen molar-refractivity contribution >= 4 is 28.6 Å². The minimum absolute atomic E-state index is 0.296. The van der Waals surface area contributed by atoms with Crippen LogP contribution in [-0.2, 0) is 20.1 Å². The van der Waals surface area contributed by atoms with Crippen LogP contribution in [0.4, 0.5) is 0 Å². The number of aryl methyl sites for hydroxylation is 2. The summed E-state index contributed by atoms with van der Waals surface area (Å²) in [5.74, 6) is 0.709. The molecule has 3 aromatic rings. The molecule has 0 saturated carbocycles. The Kier molecular flexibility index (Phi) is 5.29. The standard InChI is InChI=1S/C17H17BrN4O2S/c1-3-11-5-4-6-15(22-17(23)21(2)19-20-22)13(11)10-24-16-8-7-12(25)9-14(16)18/h4-9,25H,3,10H2,1-2H3. The van der Waals surface area contributed by atoms with Gasteiger partial charge in [-0.25, -0.2) is 4.79 Å². The first kappa shape index (κ1) is 17.8. The third-order valence-electron chi connectivity index (χ3n) is 3.87. The van der Waals surface area contributed by atoms with E-state index in [4.69, 9.17) is 4.74 Å². The van der Waals surface area contributed by atoms with Gasteiger partial charge in [-0.15, -0.1) is 12.6 Å². The number of aromatic nitrogens is 4. The summed E-state index contributed by atoms with van der Waals surface area (Å²) >= 11 is 7.79. The van der Waals surface area contributed by atoms with E-state index in [0.717, 1.165) is 26.9 Å². The molecular weight excluding hydrogens is 404 g/mol. The zero-order valence-electron chi connectivity index (χ0n) is 13.8. The van der Waals surface area contributed by atoms with Gasteiger partial charge in [0.2, 0.25) is 0 Å². The number of thiol groups is 1. The molecule has 0 N–H and O–H groups in total. The first-order valence-electron chi connectivity index (χ1n) is 7.72. The quantitative estimate of drug-likeness (QED) is 0.643. The summed E-state index contributed by atoms with van der Waals surface area (Å²) < 4.78 is 9.30. The van der Waals surface area contributed by atoms with Gasteiger partial charge in [-0.05, 0) is 62.6 Å². The number of halogens is 1. The van der Waals surface area contributed by atoms with E-state index < -0.39 is 0 Å². The highest BCUT2D eigenvalue weighted by Crippen LogP contribution is 2.29. The van der Waals surface area contributed by atoms with E-state index >= 15 is 0 Å². The molecule has 0 unspecified atom stereocenters. The van der Waals surface area contributed by atoms with Crippen LogP contribution in [0, 0.1) is 0 Å². The minimum Gasteiger partial charge on any atom is -0.488 e. The Morgan fingerprint density at radius 3 is 2.68 bits per heavy atom. The van der Waals surface area contributed by atoms with Crippen LogP contribution < -0.4 is 10.4 Å². The summed E-state index contributed by atoms with van der Waals surface area (Å²) in [6.45, 7) is 2.38. The van der Waals surface area contributed by atoms with Crippen LogP contribution in [-0.4, -0.2) is 19.8 Å². The summed E-state index contributed by atoms with van der Waals surface area (Å²) in [5.41, 5.74) is 2.39. The number of ether oxygens (including phenoxy) is 1. The second kappa shape index (κ2) is 7.45. The van der Waals surface area contributed by atoms with E-state index in [9.17, 15) is 4.79 Å². The van der Waals surface area contributed by atoms with Gasteiger partial charge in [0.15, 0.2) is 0 Å². The predicted molar refractivity (Wildman–Crippen MR) is 102 cm³/mol. The molecule has 8 heteroatoms. The Morgan fingerprint density at radius 2 is 2.04 bits per heavy atom. The lowest BCUT2D eigenvalue weighted by atomic mass is 10.0. The molecule has 0 bridgehead atoms. The van der Waals surface area contributed by atoms with Gasteiger partial charge in [0.25, 0.3) is 0 Å². The fraction of sp³-hybridized carbons (Fsp3) is 0.235. The van der Waals surface area contributed by atoms with Gasteiger partial charge in [-0.2, -0.15) is 9.36 Å². The van der Waals surface area contributed by atoms with Gasteiger partial charge in [-0.3, -0.25) is 0 Å². The number of benzene rings is 2. The van der Waals surface area contributed by atoms with Crippen molar-refractivity contribution in [1.29, 1.82) is 0 Å². The largest absolute Gasteiger partial charge is 0.488 e. The molecule has 0 fully saturated rings. The molecule has 0 aliphatic heterocycles. The van der Waals surface area contributed by atoms with E-state index in [1.807, 2.05) is 36.4 Å². The molecule has 25 heavy (non-hydrogen) atoms. The van der Waals surface area contributed by atoms with E-state index in [-0.39, 0.29) is 5.69 Å². The minimum atomic E-state index is -0.296. The average molecular weight is 421 g/mol. The highest BCUT2D eigenvalue weighted by atomic mass is 79.9. The third kappa shape index (κ3) is 3.64. The van der Waals surface area contributed by atoms with Crippen LogP contribution in [0.15, 0.2) is 50.6 Å². The van der Waals surface area contributed by atoms with Crippen molar-refractivity contribution in [3.8, 4) is 11.4 Å². The zero-order valence-corrected chi connectivity index (χ0v) is 16.3. The topological polar surface area (TPSA) is 61.9 Å². The molecule has 6 nitrogen and oxygen atoms in total. The van der Waals surface area contributed by atoms with Crippen LogP contribution in [0.25, 0.3) is 5.69 Å². The molecule has 0 saturated heterocycles. The first-order chi connectivity index (χ1) is 12.0. The van der Waals surface area contributed by atoms with Crippen molar-refractivity contribution in [2.24, 2.45) is 7.05 Å². The van der Waals surface area contributed by atoms with Gasteiger partial charge in [-0.1, -0.05) is 19.1 Å². The lowest BCUT2D eigenvalue weighted by Crippen LogP contribution is -2.23. The van der Waals surface area contributed by atoms with E-state index in [1.54, 1.807) is 7.05 Å². The van der Waals surface area contributed by atoms with Gasteiger partial charge >= 0.3 is 5.69 Å². The normalized spacial score (nSPS) is 10.9. The van der Waals surface area contributed by atoms with Crippen molar-refractivity contribution in [2.45, 2.75) is 24.8 Å². The van der Waals surface area contributed by atoms with E-state index in [2.05, 4.69) is 45.9 Å². The van der Waals surface area contributed by atoms with Crippen LogP contribution in [0.2, 0.25) is 0 Å². The third-order valence-corrected chi connectivity index (χ3v) is 4.76. The number of rotatable bonds is 5. The fourth-order valence-corrected chi connectivity index (χ4v) is 3.41. The second-order valence-corrected chi connectivity index (χ2v) is 6.84. The number of hydrogen-bond acceptors (Lipinski definition) is 5. The van der Waals surface area contributed by atoms with Crippen LogP contribution in [0.1, 0.15) is 18.1 Å². The zero-order chi connectivity index (χ0) is 18.0. The Hall–Kier alpha value is -2.06. The molecule has 130 valence electrons.